The van der Waals surface area contributed by atoms with Crippen molar-refractivity contribution in [1.82, 2.24) is 19.8 Å². The molecule has 0 aliphatic carbocycles. The monoisotopic (exact) mass is 503 g/mol. The topological polar surface area (TPSA) is 88.5 Å². The number of aromatic nitrogens is 2. The second kappa shape index (κ2) is 11.2. The van der Waals surface area contributed by atoms with Crippen LogP contribution in [-0.2, 0) is 9.53 Å². The largest absolute Gasteiger partial charge is 0.376 e. The minimum Gasteiger partial charge on any atom is -0.376 e. The summed E-state index contributed by atoms with van der Waals surface area (Å²) in [6.07, 6.45) is 3.68. The molecule has 2 aromatic carbocycles. The van der Waals surface area contributed by atoms with Gasteiger partial charge in [0.05, 0.1) is 11.8 Å². The molecular formula is C29H37N5O3. The Kier molecular flexibility index (Phi) is 7.97. The molecule has 0 bridgehead atoms. The Labute approximate surface area is 219 Å². The first-order valence-electron chi connectivity index (χ1n) is 12.8. The maximum atomic E-state index is 13.3. The molecule has 3 amide bonds. The van der Waals surface area contributed by atoms with E-state index in [9.17, 15) is 9.59 Å². The van der Waals surface area contributed by atoms with E-state index in [1.54, 1.807) is 0 Å². The lowest BCUT2D eigenvalue weighted by molar-refractivity contribution is -0.117. The van der Waals surface area contributed by atoms with Crippen molar-refractivity contribution in [2.75, 3.05) is 25.0 Å². The van der Waals surface area contributed by atoms with E-state index in [0.29, 0.717) is 19.1 Å². The van der Waals surface area contributed by atoms with Crippen LogP contribution in [0.5, 0.6) is 0 Å². The Hall–Kier alpha value is -3.65. The van der Waals surface area contributed by atoms with E-state index in [0.717, 1.165) is 40.9 Å². The third kappa shape index (κ3) is 7.20. The van der Waals surface area contributed by atoms with E-state index in [4.69, 9.17) is 9.72 Å². The number of imidazole rings is 1. The number of hydrogen-bond donors (Lipinski definition) is 2. The van der Waals surface area contributed by atoms with Crippen LogP contribution in [0, 0.1) is 13.8 Å². The molecule has 1 aromatic heterocycles. The summed E-state index contributed by atoms with van der Waals surface area (Å²) in [5.41, 5.74) is 4.47. The third-order valence-electron chi connectivity index (χ3n) is 6.17. The van der Waals surface area contributed by atoms with Gasteiger partial charge in [-0.2, -0.15) is 0 Å². The van der Waals surface area contributed by atoms with Crippen molar-refractivity contribution in [3.63, 3.8) is 0 Å². The van der Waals surface area contributed by atoms with Crippen molar-refractivity contribution in [2.24, 2.45) is 0 Å². The number of amides is 3. The Balaban J connectivity index is 1.58. The number of urea groups is 1. The van der Waals surface area contributed by atoms with E-state index < -0.39 is 5.54 Å². The predicted molar refractivity (Wildman–Crippen MR) is 146 cm³/mol. The van der Waals surface area contributed by atoms with Crippen LogP contribution in [0.2, 0.25) is 0 Å². The van der Waals surface area contributed by atoms with Crippen molar-refractivity contribution >= 4 is 17.9 Å². The quantitative estimate of drug-likeness (QED) is 0.470. The van der Waals surface area contributed by atoms with Crippen LogP contribution < -0.4 is 10.6 Å². The summed E-state index contributed by atoms with van der Waals surface area (Å²) in [7, 11) is 0. The van der Waals surface area contributed by atoms with Gasteiger partial charge in [0.15, 0.2) is 0 Å². The molecule has 0 radical (unpaired) electrons. The van der Waals surface area contributed by atoms with Crippen LogP contribution in [-0.4, -0.2) is 57.7 Å². The summed E-state index contributed by atoms with van der Waals surface area (Å²) in [6, 6.07) is 15.8. The average Bonchev–Trinajstić information content (AvgIpc) is 3.49. The van der Waals surface area contributed by atoms with E-state index in [2.05, 4.69) is 10.6 Å². The number of nitrogens with one attached hydrogen (secondary N) is 2. The Morgan fingerprint density at radius 3 is 2.30 bits per heavy atom. The average molecular weight is 504 g/mol. The number of benzene rings is 2. The molecule has 0 unspecified atom stereocenters. The molecule has 1 aliphatic heterocycles. The molecule has 2 heterocycles. The standard InChI is InChI=1S/C29H37N5O3/c1-20-8-12-22(13-9-20)25-18-34(23-14-10-21(2)11-15-23)27(30-25)31-26(35)19-33(17-24-7-6-16-37-24)28(36)32-29(3,4)5/h8-15,18,24H,6-7,16-17,19H2,1-5H3,(H,32,36)(H,30,31,35)/t24-/m0/s1. The van der Waals surface area contributed by atoms with Crippen molar-refractivity contribution in [2.45, 2.75) is 59.1 Å². The fourth-order valence-corrected chi connectivity index (χ4v) is 4.22. The lowest BCUT2D eigenvalue weighted by Crippen LogP contribution is -2.52. The molecule has 0 saturated carbocycles. The second-order valence-electron chi connectivity index (χ2n) is 10.8. The van der Waals surface area contributed by atoms with E-state index in [1.165, 1.54) is 4.90 Å². The number of aryl methyl sites for hydroxylation is 2. The zero-order valence-electron chi connectivity index (χ0n) is 22.4. The normalized spacial score (nSPS) is 15.4. The molecule has 4 rings (SSSR count). The van der Waals surface area contributed by atoms with Crippen molar-refractivity contribution in [3.8, 4) is 16.9 Å². The van der Waals surface area contributed by atoms with Crippen LogP contribution in [0.1, 0.15) is 44.7 Å². The van der Waals surface area contributed by atoms with Gasteiger partial charge in [0, 0.05) is 36.1 Å². The number of carbonyl (C=O) groups excluding carboxylic acids is 2. The molecule has 37 heavy (non-hydrogen) atoms. The van der Waals surface area contributed by atoms with E-state index >= 15 is 0 Å². The first-order valence-corrected chi connectivity index (χ1v) is 12.8. The summed E-state index contributed by atoms with van der Waals surface area (Å²) in [4.78, 5) is 32.6. The van der Waals surface area contributed by atoms with Gasteiger partial charge in [0.25, 0.3) is 0 Å². The van der Waals surface area contributed by atoms with Gasteiger partial charge >= 0.3 is 6.03 Å². The van der Waals surface area contributed by atoms with Gasteiger partial charge < -0.3 is 15.0 Å². The molecule has 1 aliphatic rings. The number of anilines is 1. The second-order valence-corrected chi connectivity index (χ2v) is 10.8. The van der Waals surface area contributed by atoms with Gasteiger partial charge in [0.2, 0.25) is 11.9 Å². The minimum atomic E-state index is -0.424. The lowest BCUT2D eigenvalue weighted by atomic mass is 10.1. The van der Waals surface area contributed by atoms with Crippen molar-refractivity contribution < 1.29 is 14.3 Å². The number of carbonyl (C=O) groups is 2. The van der Waals surface area contributed by atoms with Crippen LogP contribution in [0.25, 0.3) is 16.9 Å². The van der Waals surface area contributed by atoms with Crippen LogP contribution in [0.15, 0.2) is 54.7 Å². The van der Waals surface area contributed by atoms with Gasteiger partial charge in [-0.25, -0.2) is 9.78 Å². The van der Waals surface area contributed by atoms with Crippen LogP contribution in [0.4, 0.5) is 10.7 Å². The zero-order chi connectivity index (χ0) is 26.6. The molecule has 8 heteroatoms. The van der Waals surface area contributed by atoms with Gasteiger partial charge in [-0.3, -0.25) is 14.7 Å². The highest BCUT2D eigenvalue weighted by atomic mass is 16.5. The van der Waals surface area contributed by atoms with Crippen LogP contribution in [0.3, 0.4) is 0 Å². The molecule has 1 saturated heterocycles. The molecule has 1 atom stereocenters. The Bertz CT molecular complexity index is 1220. The first kappa shape index (κ1) is 26.4. The SMILES string of the molecule is Cc1ccc(-c2cn(-c3ccc(C)cc3)c(NC(=O)CN(C[C@@H]3CCCO3)C(=O)NC(C)(C)C)n2)cc1. The van der Waals surface area contributed by atoms with E-state index in [1.807, 2.05) is 93.9 Å². The lowest BCUT2D eigenvalue weighted by Gasteiger charge is -2.29. The van der Waals surface area contributed by atoms with Gasteiger partial charge in [0.1, 0.15) is 6.54 Å². The Morgan fingerprint density at radius 1 is 1.05 bits per heavy atom. The highest BCUT2D eigenvalue weighted by Crippen LogP contribution is 2.25. The summed E-state index contributed by atoms with van der Waals surface area (Å²) >= 11 is 0. The fourth-order valence-electron chi connectivity index (χ4n) is 4.22. The fraction of sp³-hybridized carbons (Fsp3) is 0.414. The molecule has 0 spiro atoms. The van der Waals surface area contributed by atoms with Crippen molar-refractivity contribution in [3.05, 3.63) is 65.9 Å². The third-order valence-corrected chi connectivity index (χ3v) is 6.17. The maximum Gasteiger partial charge on any atom is 0.318 e. The molecule has 2 N–H and O–H groups in total. The molecular weight excluding hydrogens is 466 g/mol. The summed E-state index contributed by atoms with van der Waals surface area (Å²) in [6.45, 7) is 10.8. The van der Waals surface area contributed by atoms with E-state index in [-0.39, 0.29) is 24.6 Å². The first-order chi connectivity index (χ1) is 17.6. The Morgan fingerprint density at radius 2 is 1.70 bits per heavy atom. The van der Waals surface area contributed by atoms with Crippen molar-refractivity contribution in [1.29, 1.82) is 0 Å². The summed E-state index contributed by atoms with van der Waals surface area (Å²) in [5.74, 6) is 0.0780. The minimum absolute atomic E-state index is 0.0683. The smallest absolute Gasteiger partial charge is 0.318 e. The van der Waals surface area contributed by atoms with Gasteiger partial charge in [-0.05, 0) is 59.6 Å². The highest BCUT2D eigenvalue weighted by Gasteiger charge is 2.27. The number of nitrogens with zero attached hydrogens (tertiary/aromatic N) is 3. The number of hydrogen-bond acceptors (Lipinski definition) is 4. The number of ether oxygens (including phenoxy) is 1. The zero-order valence-corrected chi connectivity index (χ0v) is 22.4. The number of rotatable bonds is 7. The molecule has 196 valence electrons. The maximum absolute atomic E-state index is 13.3. The van der Waals surface area contributed by atoms with Crippen LogP contribution >= 0.6 is 0 Å². The highest BCUT2D eigenvalue weighted by molar-refractivity contribution is 5.93. The van der Waals surface area contributed by atoms with Gasteiger partial charge in [-0.15, -0.1) is 0 Å². The molecule has 8 nitrogen and oxygen atoms in total. The molecule has 1 fully saturated rings. The van der Waals surface area contributed by atoms with Gasteiger partial charge in [-0.1, -0.05) is 47.5 Å². The molecule has 3 aromatic rings. The summed E-state index contributed by atoms with van der Waals surface area (Å²) in [5, 5.41) is 5.91. The summed E-state index contributed by atoms with van der Waals surface area (Å²) < 4.78 is 7.61. The predicted octanol–water partition coefficient (Wildman–Crippen LogP) is 5.08.